The number of pyridine rings is 1. The predicted octanol–water partition coefficient (Wildman–Crippen LogP) is 2.52. The number of rotatable bonds is 6. The molecule has 1 aliphatic carbocycles. The van der Waals surface area contributed by atoms with Crippen molar-refractivity contribution in [1.29, 1.82) is 0 Å². The number of nitrogens with two attached hydrogens (primary N) is 1. The summed E-state index contributed by atoms with van der Waals surface area (Å²) in [5, 5.41) is 7.77. The van der Waals surface area contributed by atoms with E-state index in [2.05, 4.69) is 22.4 Å². The van der Waals surface area contributed by atoms with Gasteiger partial charge in [0.15, 0.2) is 0 Å². The number of carbonyl (C=O) groups is 1. The zero-order chi connectivity index (χ0) is 16.6. The summed E-state index contributed by atoms with van der Waals surface area (Å²) in [6.45, 7) is 6.24. The first kappa shape index (κ1) is 15.9. The standard InChI is InChI=1S/C17H24N4O2/c1-4-5-12-14-11(15(22)19-9-17(2,3)18)8-13(10-6-7-10)20-16(14)23-21-12/h8,10H,4-7,9,18H2,1-3H3,(H,19,22). The maximum Gasteiger partial charge on any atom is 0.259 e. The quantitative estimate of drug-likeness (QED) is 0.854. The van der Waals surface area contributed by atoms with Gasteiger partial charge in [-0.15, -0.1) is 0 Å². The van der Waals surface area contributed by atoms with Gasteiger partial charge in [-0.1, -0.05) is 18.5 Å². The van der Waals surface area contributed by atoms with Crippen LogP contribution < -0.4 is 11.1 Å². The minimum atomic E-state index is -0.456. The van der Waals surface area contributed by atoms with Crippen LogP contribution in [0.3, 0.4) is 0 Å². The van der Waals surface area contributed by atoms with Crippen molar-refractivity contribution in [2.24, 2.45) is 5.73 Å². The molecule has 3 rings (SSSR count). The third-order valence-electron chi connectivity index (χ3n) is 3.97. The van der Waals surface area contributed by atoms with Crippen LogP contribution in [0.1, 0.15) is 67.7 Å². The fourth-order valence-electron chi connectivity index (χ4n) is 2.61. The highest BCUT2D eigenvalue weighted by Crippen LogP contribution is 2.40. The Hall–Kier alpha value is -1.95. The number of aryl methyl sites for hydroxylation is 1. The van der Waals surface area contributed by atoms with Crippen molar-refractivity contribution in [2.75, 3.05) is 6.54 Å². The molecule has 6 heteroatoms. The molecule has 23 heavy (non-hydrogen) atoms. The van der Waals surface area contributed by atoms with E-state index in [1.54, 1.807) is 0 Å². The number of amides is 1. The first-order valence-corrected chi connectivity index (χ1v) is 8.25. The number of nitrogens with zero attached hydrogens (tertiary/aromatic N) is 2. The minimum Gasteiger partial charge on any atom is -0.350 e. The lowest BCUT2D eigenvalue weighted by atomic mass is 10.0. The molecule has 124 valence electrons. The van der Waals surface area contributed by atoms with Crippen molar-refractivity contribution < 1.29 is 9.32 Å². The number of nitrogens with one attached hydrogen (secondary N) is 1. The van der Waals surface area contributed by atoms with Crippen LogP contribution in [0.5, 0.6) is 0 Å². The first-order chi connectivity index (χ1) is 10.9. The summed E-state index contributed by atoms with van der Waals surface area (Å²) in [6, 6.07) is 1.90. The molecule has 1 saturated carbocycles. The Labute approximate surface area is 135 Å². The molecule has 0 saturated heterocycles. The summed E-state index contributed by atoms with van der Waals surface area (Å²) < 4.78 is 5.39. The molecule has 0 bridgehead atoms. The zero-order valence-electron chi connectivity index (χ0n) is 14.0. The Balaban J connectivity index is 2.00. The topological polar surface area (TPSA) is 94.0 Å². The molecule has 3 N–H and O–H groups in total. The number of carbonyl (C=O) groups excluding carboxylic acids is 1. The Morgan fingerprint density at radius 1 is 1.48 bits per heavy atom. The van der Waals surface area contributed by atoms with Gasteiger partial charge in [0.05, 0.1) is 16.6 Å². The highest BCUT2D eigenvalue weighted by atomic mass is 16.5. The SMILES string of the molecule is CCCc1noc2nc(C3CC3)cc(C(=O)NCC(C)(C)N)c12. The van der Waals surface area contributed by atoms with E-state index in [9.17, 15) is 4.79 Å². The van der Waals surface area contributed by atoms with E-state index in [0.717, 1.165) is 42.5 Å². The number of fused-ring (bicyclic) bond motifs is 1. The summed E-state index contributed by atoms with van der Waals surface area (Å²) in [5.41, 5.74) is 8.30. The second kappa shape index (κ2) is 5.92. The van der Waals surface area contributed by atoms with Gasteiger partial charge in [-0.3, -0.25) is 4.79 Å². The molecule has 1 fully saturated rings. The van der Waals surface area contributed by atoms with E-state index < -0.39 is 5.54 Å². The van der Waals surface area contributed by atoms with Crippen LogP contribution in [-0.4, -0.2) is 28.1 Å². The van der Waals surface area contributed by atoms with Gasteiger partial charge in [0, 0.05) is 23.7 Å². The van der Waals surface area contributed by atoms with Crippen LogP contribution >= 0.6 is 0 Å². The molecule has 2 aromatic rings. The molecule has 1 aliphatic rings. The van der Waals surface area contributed by atoms with Crippen molar-refractivity contribution in [2.45, 2.75) is 57.9 Å². The summed E-state index contributed by atoms with van der Waals surface area (Å²) in [5.74, 6) is 0.301. The van der Waals surface area contributed by atoms with Crippen LogP contribution in [0.15, 0.2) is 10.6 Å². The highest BCUT2D eigenvalue weighted by molar-refractivity contribution is 6.06. The van der Waals surface area contributed by atoms with Gasteiger partial charge >= 0.3 is 0 Å². The lowest BCUT2D eigenvalue weighted by Gasteiger charge is -2.19. The van der Waals surface area contributed by atoms with Gasteiger partial charge < -0.3 is 15.6 Å². The smallest absolute Gasteiger partial charge is 0.259 e. The number of aromatic nitrogens is 2. The summed E-state index contributed by atoms with van der Waals surface area (Å²) in [7, 11) is 0. The zero-order valence-corrected chi connectivity index (χ0v) is 14.0. The van der Waals surface area contributed by atoms with Gasteiger partial charge in [0.25, 0.3) is 11.6 Å². The van der Waals surface area contributed by atoms with Crippen molar-refractivity contribution >= 4 is 17.0 Å². The maximum atomic E-state index is 12.7. The van der Waals surface area contributed by atoms with Gasteiger partial charge in [0.2, 0.25) is 0 Å². The second-order valence-electron chi connectivity index (χ2n) is 7.10. The molecule has 0 aliphatic heterocycles. The van der Waals surface area contributed by atoms with Crippen molar-refractivity contribution in [3.63, 3.8) is 0 Å². The molecule has 0 aromatic carbocycles. The first-order valence-electron chi connectivity index (χ1n) is 8.25. The second-order valence-corrected chi connectivity index (χ2v) is 7.10. The van der Waals surface area contributed by atoms with E-state index in [1.807, 2.05) is 19.9 Å². The molecule has 6 nitrogen and oxygen atoms in total. The Morgan fingerprint density at radius 2 is 2.22 bits per heavy atom. The molecule has 2 heterocycles. The molecular weight excluding hydrogens is 292 g/mol. The largest absolute Gasteiger partial charge is 0.350 e. The van der Waals surface area contributed by atoms with Gasteiger partial charge in [-0.05, 0) is 39.2 Å². The van der Waals surface area contributed by atoms with Crippen LogP contribution in [0.25, 0.3) is 11.1 Å². The molecule has 1 amide bonds. The Morgan fingerprint density at radius 3 is 2.83 bits per heavy atom. The van der Waals surface area contributed by atoms with Gasteiger partial charge in [-0.25, -0.2) is 4.98 Å². The maximum absolute atomic E-state index is 12.7. The van der Waals surface area contributed by atoms with E-state index in [1.165, 1.54) is 0 Å². The van der Waals surface area contributed by atoms with E-state index in [-0.39, 0.29) is 5.91 Å². The molecule has 0 atom stereocenters. The number of hydrogen-bond acceptors (Lipinski definition) is 5. The third-order valence-corrected chi connectivity index (χ3v) is 3.97. The predicted molar refractivity (Wildman–Crippen MR) is 88.4 cm³/mol. The average Bonchev–Trinajstić information content (AvgIpc) is 3.26. The van der Waals surface area contributed by atoms with E-state index in [0.29, 0.717) is 23.7 Å². The van der Waals surface area contributed by atoms with Gasteiger partial charge in [-0.2, -0.15) is 0 Å². The van der Waals surface area contributed by atoms with Crippen LogP contribution in [0.2, 0.25) is 0 Å². The Kier molecular flexibility index (Phi) is 4.10. The van der Waals surface area contributed by atoms with E-state index >= 15 is 0 Å². The van der Waals surface area contributed by atoms with Crippen LogP contribution in [0, 0.1) is 0 Å². The van der Waals surface area contributed by atoms with Crippen LogP contribution in [-0.2, 0) is 6.42 Å². The summed E-state index contributed by atoms with van der Waals surface area (Å²) in [4.78, 5) is 17.2. The van der Waals surface area contributed by atoms with Crippen molar-refractivity contribution in [1.82, 2.24) is 15.5 Å². The summed E-state index contributed by atoms with van der Waals surface area (Å²) >= 11 is 0. The lowest BCUT2D eigenvalue weighted by Crippen LogP contribution is -2.45. The molecular formula is C17H24N4O2. The Bertz CT molecular complexity index is 726. The summed E-state index contributed by atoms with van der Waals surface area (Å²) in [6.07, 6.45) is 3.93. The number of hydrogen-bond donors (Lipinski definition) is 2. The van der Waals surface area contributed by atoms with E-state index in [4.69, 9.17) is 10.3 Å². The molecule has 2 aromatic heterocycles. The highest BCUT2D eigenvalue weighted by Gasteiger charge is 2.29. The molecule has 0 unspecified atom stereocenters. The van der Waals surface area contributed by atoms with Crippen LogP contribution in [0.4, 0.5) is 0 Å². The minimum absolute atomic E-state index is 0.140. The molecule has 0 spiro atoms. The van der Waals surface area contributed by atoms with Crippen molar-refractivity contribution in [3.8, 4) is 0 Å². The molecule has 0 radical (unpaired) electrons. The fourth-order valence-corrected chi connectivity index (χ4v) is 2.61. The monoisotopic (exact) mass is 316 g/mol. The van der Waals surface area contributed by atoms with Gasteiger partial charge in [0.1, 0.15) is 0 Å². The average molecular weight is 316 g/mol. The lowest BCUT2D eigenvalue weighted by molar-refractivity contribution is 0.0947. The van der Waals surface area contributed by atoms with Crippen molar-refractivity contribution in [3.05, 3.63) is 23.0 Å². The fraction of sp³-hybridized carbons (Fsp3) is 0.588. The third kappa shape index (κ3) is 3.52. The normalized spacial score (nSPS) is 15.1.